The minimum atomic E-state index is -0.353. The Morgan fingerprint density at radius 3 is 2.78 bits per heavy atom. The van der Waals surface area contributed by atoms with Gasteiger partial charge < -0.3 is 14.6 Å². The van der Waals surface area contributed by atoms with Crippen LogP contribution in [0.5, 0.6) is 0 Å². The number of β-amino-alcohol motifs (C(OH)–C–C–N with tert-alkyl or cyclic N) is 1. The molecule has 2 heterocycles. The summed E-state index contributed by atoms with van der Waals surface area (Å²) in [5.41, 5.74) is 0. The molecule has 4 nitrogen and oxygen atoms in total. The van der Waals surface area contributed by atoms with E-state index >= 15 is 0 Å². The van der Waals surface area contributed by atoms with Crippen molar-refractivity contribution in [2.24, 2.45) is 0 Å². The van der Waals surface area contributed by atoms with Crippen LogP contribution in [0.4, 0.5) is 0 Å². The molecular formula is C14H27NO3. The fourth-order valence-electron chi connectivity index (χ4n) is 2.84. The predicted octanol–water partition coefficient (Wildman–Crippen LogP) is 1.42. The van der Waals surface area contributed by atoms with E-state index in [0.717, 1.165) is 39.1 Å². The lowest BCUT2D eigenvalue weighted by Gasteiger charge is -2.35. The zero-order valence-corrected chi connectivity index (χ0v) is 11.5. The number of likely N-dealkylation sites (tertiary alicyclic amines) is 1. The van der Waals surface area contributed by atoms with Crippen molar-refractivity contribution in [3.63, 3.8) is 0 Å². The number of hydrogen-bond acceptors (Lipinski definition) is 4. The maximum absolute atomic E-state index is 10.1. The van der Waals surface area contributed by atoms with Crippen LogP contribution >= 0.6 is 0 Å². The van der Waals surface area contributed by atoms with Gasteiger partial charge in [0.1, 0.15) is 0 Å². The summed E-state index contributed by atoms with van der Waals surface area (Å²) in [5.74, 6) is 0. The Labute approximate surface area is 110 Å². The standard InChI is InChI=1S/C14H27NO3/c1-12-4-2-3-7-15(12)10-13(16)11-18-14-5-8-17-9-6-14/h12-14,16H,2-11H2,1H3. The van der Waals surface area contributed by atoms with E-state index in [2.05, 4.69) is 11.8 Å². The minimum absolute atomic E-state index is 0.284. The van der Waals surface area contributed by atoms with Crippen LogP contribution < -0.4 is 0 Å². The fraction of sp³-hybridized carbons (Fsp3) is 1.00. The van der Waals surface area contributed by atoms with Crippen LogP contribution in [0.1, 0.15) is 39.0 Å². The highest BCUT2D eigenvalue weighted by molar-refractivity contribution is 4.75. The van der Waals surface area contributed by atoms with E-state index < -0.39 is 0 Å². The van der Waals surface area contributed by atoms with Crippen LogP contribution in [0, 0.1) is 0 Å². The van der Waals surface area contributed by atoms with Crippen LogP contribution in [0.3, 0.4) is 0 Å². The van der Waals surface area contributed by atoms with Gasteiger partial charge in [-0.25, -0.2) is 0 Å². The Morgan fingerprint density at radius 1 is 1.28 bits per heavy atom. The highest BCUT2D eigenvalue weighted by Gasteiger charge is 2.22. The largest absolute Gasteiger partial charge is 0.389 e. The summed E-state index contributed by atoms with van der Waals surface area (Å²) in [7, 11) is 0. The third-order valence-corrected chi connectivity index (χ3v) is 4.08. The third-order valence-electron chi connectivity index (χ3n) is 4.08. The summed E-state index contributed by atoms with van der Waals surface area (Å²) in [6, 6.07) is 0.608. The van der Waals surface area contributed by atoms with Crippen LogP contribution in [0.25, 0.3) is 0 Å². The maximum Gasteiger partial charge on any atom is 0.0900 e. The lowest BCUT2D eigenvalue weighted by atomic mass is 10.0. The van der Waals surface area contributed by atoms with Gasteiger partial charge in [-0.1, -0.05) is 6.42 Å². The average Bonchev–Trinajstić information content (AvgIpc) is 2.40. The molecule has 2 aliphatic heterocycles. The van der Waals surface area contributed by atoms with Crippen LogP contribution in [-0.2, 0) is 9.47 Å². The summed E-state index contributed by atoms with van der Waals surface area (Å²) >= 11 is 0. The molecule has 0 aromatic carbocycles. The molecule has 2 aliphatic rings. The second-order valence-electron chi connectivity index (χ2n) is 5.64. The minimum Gasteiger partial charge on any atom is -0.389 e. The molecule has 0 aromatic heterocycles. The van der Waals surface area contributed by atoms with E-state index in [9.17, 15) is 5.11 Å². The van der Waals surface area contributed by atoms with Crippen LogP contribution in [0.2, 0.25) is 0 Å². The Hall–Kier alpha value is -0.160. The van der Waals surface area contributed by atoms with Gasteiger partial charge in [0, 0.05) is 25.8 Å². The number of hydrogen-bond donors (Lipinski definition) is 1. The Bertz CT molecular complexity index is 231. The molecule has 2 unspecified atom stereocenters. The molecule has 2 atom stereocenters. The summed E-state index contributed by atoms with van der Waals surface area (Å²) < 4.78 is 11.1. The van der Waals surface area contributed by atoms with E-state index in [0.29, 0.717) is 12.6 Å². The van der Waals surface area contributed by atoms with Crippen LogP contribution in [0.15, 0.2) is 0 Å². The van der Waals surface area contributed by atoms with Crippen molar-refractivity contribution in [1.29, 1.82) is 0 Å². The second-order valence-corrected chi connectivity index (χ2v) is 5.64. The van der Waals surface area contributed by atoms with E-state index in [1.165, 1.54) is 19.3 Å². The molecule has 0 aromatic rings. The van der Waals surface area contributed by atoms with E-state index in [-0.39, 0.29) is 12.2 Å². The quantitative estimate of drug-likeness (QED) is 0.809. The molecule has 0 spiro atoms. The maximum atomic E-state index is 10.1. The second kappa shape index (κ2) is 7.43. The van der Waals surface area contributed by atoms with Gasteiger partial charge in [-0.15, -0.1) is 0 Å². The number of nitrogens with zero attached hydrogens (tertiary/aromatic N) is 1. The summed E-state index contributed by atoms with van der Waals surface area (Å²) in [5, 5.41) is 10.1. The molecule has 4 heteroatoms. The van der Waals surface area contributed by atoms with Crippen molar-refractivity contribution in [2.45, 2.75) is 57.3 Å². The van der Waals surface area contributed by atoms with Gasteiger partial charge in [0.05, 0.1) is 18.8 Å². The van der Waals surface area contributed by atoms with Crippen molar-refractivity contribution in [1.82, 2.24) is 4.90 Å². The Morgan fingerprint density at radius 2 is 2.06 bits per heavy atom. The highest BCUT2D eigenvalue weighted by Crippen LogP contribution is 2.17. The number of aliphatic hydroxyl groups excluding tert-OH is 1. The van der Waals surface area contributed by atoms with Crippen molar-refractivity contribution in [3.8, 4) is 0 Å². The SMILES string of the molecule is CC1CCCCN1CC(O)COC1CCOCC1. The summed E-state index contributed by atoms with van der Waals surface area (Å²) in [6.07, 6.45) is 5.71. The Balaban J connectivity index is 1.63. The molecule has 18 heavy (non-hydrogen) atoms. The lowest BCUT2D eigenvalue weighted by molar-refractivity contribution is -0.0668. The fourth-order valence-corrected chi connectivity index (χ4v) is 2.84. The first kappa shape index (κ1) is 14.3. The monoisotopic (exact) mass is 257 g/mol. The summed E-state index contributed by atoms with van der Waals surface area (Å²) in [4.78, 5) is 2.39. The summed E-state index contributed by atoms with van der Waals surface area (Å²) in [6.45, 7) is 6.19. The van der Waals surface area contributed by atoms with Crippen molar-refractivity contribution >= 4 is 0 Å². The molecular weight excluding hydrogens is 230 g/mol. The normalized spacial score (nSPS) is 29.3. The van der Waals surface area contributed by atoms with Gasteiger partial charge in [0.25, 0.3) is 0 Å². The topological polar surface area (TPSA) is 41.9 Å². The third kappa shape index (κ3) is 4.50. The van der Waals surface area contributed by atoms with Gasteiger partial charge in [-0.05, 0) is 39.2 Å². The van der Waals surface area contributed by atoms with E-state index in [4.69, 9.17) is 9.47 Å². The number of rotatable bonds is 5. The molecule has 2 fully saturated rings. The lowest BCUT2D eigenvalue weighted by Crippen LogP contribution is -2.43. The first-order chi connectivity index (χ1) is 8.75. The highest BCUT2D eigenvalue weighted by atomic mass is 16.5. The van der Waals surface area contributed by atoms with Gasteiger partial charge in [-0.2, -0.15) is 0 Å². The number of piperidine rings is 1. The smallest absolute Gasteiger partial charge is 0.0900 e. The number of ether oxygens (including phenoxy) is 2. The molecule has 0 amide bonds. The molecule has 0 bridgehead atoms. The van der Waals surface area contributed by atoms with Gasteiger partial charge in [-0.3, -0.25) is 4.90 Å². The van der Waals surface area contributed by atoms with E-state index in [1.54, 1.807) is 0 Å². The predicted molar refractivity (Wildman–Crippen MR) is 70.7 cm³/mol. The molecule has 0 radical (unpaired) electrons. The first-order valence-electron chi connectivity index (χ1n) is 7.37. The average molecular weight is 257 g/mol. The number of aliphatic hydroxyl groups is 1. The zero-order valence-electron chi connectivity index (χ0n) is 11.5. The van der Waals surface area contributed by atoms with Gasteiger partial charge in [0.15, 0.2) is 0 Å². The van der Waals surface area contributed by atoms with Gasteiger partial charge in [0.2, 0.25) is 0 Å². The van der Waals surface area contributed by atoms with Crippen molar-refractivity contribution in [2.75, 3.05) is 32.9 Å². The van der Waals surface area contributed by atoms with E-state index in [1.807, 2.05) is 0 Å². The molecule has 2 saturated heterocycles. The zero-order chi connectivity index (χ0) is 12.8. The van der Waals surface area contributed by atoms with Crippen LogP contribution in [-0.4, -0.2) is 61.2 Å². The van der Waals surface area contributed by atoms with Crippen molar-refractivity contribution < 1.29 is 14.6 Å². The molecule has 2 rings (SSSR count). The van der Waals surface area contributed by atoms with Crippen molar-refractivity contribution in [3.05, 3.63) is 0 Å². The molecule has 0 saturated carbocycles. The molecule has 106 valence electrons. The first-order valence-corrected chi connectivity index (χ1v) is 7.37. The van der Waals surface area contributed by atoms with Gasteiger partial charge >= 0.3 is 0 Å². The Kier molecular flexibility index (Phi) is 5.89. The molecule has 1 N–H and O–H groups in total. The molecule has 0 aliphatic carbocycles.